The Bertz CT molecular complexity index is 425. The van der Waals surface area contributed by atoms with Gasteiger partial charge >= 0.3 is 0 Å². The summed E-state index contributed by atoms with van der Waals surface area (Å²) in [4.78, 5) is 14.4. The van der Waals surface area contributed by atoms with E-state index in [1.165, 1.54) is 0 Å². The Balaban J connectivity index is 1.78. The number of hydrogen-bond donors (Lipinski definition) is 2. The van der Waals surface area contributed by atoms with Gasteiger partial charge in [0.25, 0.3) is 0 Å². The summed E-state index contributed by atoms with van der Waals surface area (Å²) >= 11 is 0. The molecule has 3 rings (SSSR count). The zero-order chi connectivity index (χ0) is 13.6. The van der Waals surface area contributed by atoms with Crippen molar-refractivity contribution in [2.45, 2.75) is 56.7 Å². The van der Waals surface area contributed by atoms with Gasteiger partial charge in [-0.1, -0.05) is 12.8 Å². The molecule has 5 nitrogen and oxygen atoms in total. The van der Waals surface area contributed by atoms with Gasteiger partial charge in [-0.15, -0.1) is 0 Å². The van der Waals surface area contributed by atoms with E-state index in [0.29, 0.717) is 5.92 Å². The Hall–Kier alpha value is -1.12. The highest BCUT2D eigenvalue weighted by atomic mass is 16.3. The van der Waals surface area contributed by atoms with E-state index in [9.17, 15) is 9.90 Å². The minimum Gasteiger partial charge on any atom is -0.396 e. The summed E-state index contributed by atoms with van der Waals surface area (Å²) in [5.74, 6) is 0.391. The number of carbonyl (C=O) groups excluding carboxylic acids is 1. The first-order chi connectivity index (χ1) is 9.13. The molecule has 19 heavy (non-hydrogen) atoms. The van der Waals surface area contributed by atoms with Crippen LogP contribution in [-0.2, 0) is 4.79 Å². The summed E-state index contributed by atoms with van der Waals surface area (Å²) in [6.45, 7) is -0.0287. The summed E-state index contributed by atoms with van der Waals surface area (Å²) in [5, 5.41) is 18.8. The number of aliphatic hydroxyl groups is 1. The van der Waals surface area contributed by atoms with Crippen molar-refractivity contribution in [1.82, 2.24) is 4.90 Å². The summed E-state index contributed by atoms with van der Waals surface area (Å²) in [6, 6.07) is 1.49. The van der Waals surface area contributed by atoms with E-state index in [1.54, 1.807) is 4.90 Å². The van der Waals surface area contributed by atoms with E-state index in [1.807, 2.05) is 0 Å². The number of nitriles is 1. The van der Waals surface area contributed by atoms with Crippen molar-refractivity contribution in [3.8, 4) is 6.07 Å². The molecule has 1 heterocycles. The molecule has 104 valence electrons. The van der Waals surface area contributed by atoms with Crippen LogP contribution in [0.5, 0.6) is 0 Å². The molecule has 0 bridgehead atoms. The molecule has 0 aromatic heterocycles. The molecule has 3 unspecified atom stereocenters. The van der Waals surface area contributed by atoms with Crippen molar-refractivity contribution >= 4 is 5.91 Å². The van der Waals surface area contributed by atoms with Crippen molar-refractivity contribution in [2.75, 3.05) is 6.61 Å². The molecular formula is C14H21N3O2. The van der Waals surface area contributed by atoms with Crippen LogP contribution >= 0.6 is 0 Å². The van der Waals surface area contributed by atoms with Gasteiger partial charge in [0.2, 0.25) is 5.91 Å². The Labute approximate surface area is 113 Å². The maximum absolute atomic E-state index is 12.6. The second-order valence-corrected chi connectivity index (χ2v) is 6.39. The van der Waals surface area contributed by atoms with Gasteiger partial charge in [-0.2, -0.15) is 5.26 Å². The van der Waals surface area contributed by atoms with E-state index in [0.717, 1.165) is 38.5 Å². The van der Waals surface area contributed by atoms with Crippen molar-refractivity contribution < 1.29 is 9.90 Å². The lowest BCUT2D eigenvalue weighted by molar-refractivity contribution is -0.137. The summed E-state index contributed by atoms with van der Waals surface area (Å²) in [7, 11) is 0. The highest BCUT2D eigenvalue weighted by molar-refractivity contribution is 5.84. The molecule has 1 amide bonds. The summed E-state index contributed by atoms with van der Waals surface area (Å²) in [6.07, 6.45) is 5.49. The molecule has 5 heteroatoms. The van der Waals surface area contributed by atoms with E-state index >= 15 is 0 Å². The lowest BCUT2D eigenvalue weighted by atomic mass is 9.79. The van der Waals surface area contributed by atoms with Crippen LogP contribution in [0.15, 0.2) is 0 Å². The quantitative estimate of drug-likeness (QED) is 0.770. The van der Waals surface area contributed by atoms with Crippen molar-refractivity contribution in [2.24, 2.45) is 17.1 Å². The first-order valence-electron chi connectivity index (χ1n) is 7.21. The molecule has 0 radical (unpaired) electrons. The largest absolute Gasteiger partial charge is 0.396 e. The molecule has 0 aromatic rings. The van der Waals surface area contributed by atoms with E-state index in [-0.39, 0.29) is 24.6 Å². The van der Waals surface area contributed by atoms with Crippen molar-refractivity contribution in [3.63, 3.8) is 0 Å². The molecule has 0 spiro atoms. The van der Waals surface area contributed by atoms with E-state index in [4.69, 9.17) is 11.0 Å². The van der Waals surface area contributed by atoms with Gasteiger partial charge in [0.1, 0.15) is 6.04 Å². The first kappa shape index (κ1) is 12.9. The SMILES string of the molecule is N#C[C@@H]1CC2CC2N1C(=O)C(N)C1(CO)CCCC1. The Kier molecular flexibility index (Phi) is 3.03. The van der Waals surface area contributed by atoms with Gasteiger partial charge < -0.3 is 15.7 Å². The highest BCUT2D eigenvalue weighted by Crippen LogP contribution is 2.49. The number of likely N-dealkylation sites (tertiary alicyclic amines) is 1. The average molecular weight is 263 g/mol. The smallest absolute Gasteiger partial charge is 0.241 e. The number of carbonyl (C=O) groups is 1. The number of hydrogen-bond acceptors (Lipinski definition) is 4. The normalized spacial score (nSPS) is 36.7. The zero-order valence-corrected chi connectivity index (χ0v) is 11.1. The molecule has 2 aliphatic carbocycles. The van der Waals surface area contributed by atoms with Crippen LogP contribution < -0.4 is 5.73 Å². The zero-order valence-electron chi connectivity index (χ0n) is 11.1. The van der Waals surface area contributed by atoms with E-state index in [2.05, 4.69) is 6.07 Å². The molecule has 2 saturated carbocycles. The van der Waals surface area contributed by atoms with Crippen LogP contribution in [0.1, 0.15) is 38.5 Å². The van der Waals surface area contributed by atoms with Crippen LogP contribution in [0.4, 0.5) is 0 Å². The number of nitrogens with two attached hydrogens (primary N) is 1. The predicted molar refractivity (Wildman–Crippen MR) is 68.7 cm³/mol. The molecule has 1 aliphatic heterocycles. The molecule has 3 fully saturated rings. The highest BCUT2D eigenvalue weighted by Gasteiger charge is 2.56. The third-order valence-electron chi connectivity index (χ3n) is 5.35. The number of nitrogens with zero attached hydrogens (tertiary/aromatic N) is 2. The fourth-order valence-electron chi connectivity index (χ4n) is 3.96. The maximum atomic E-state index is 12.6. The monoisotopic (exact) mass is 263 g/mol. The second kappa shape index (κ2) is 4.46. The standard InChI is InChI=1S/C14H21N3O2/c15-7-10-5-9-6-11(9)17(10)13(19)12(16)14(8-18)3-1-2-4-14/h9-12,18H,1-6,8,16H2/t9?,10-,11?,12?/m0/s1. The molecule has 4 atom stereocenters. The number of aliphatic hydroxyl groups excluding tert-OH is 1. The lowest BCUT2D eigenvalue weighted by Crippen LogP contribution is -2.55. The molecule has 1 saturated heterocycles. The van der Waals surface area contributed by atoms with Gasteiger partial charge in [-0.25, -0.2) is 0 Å². The van der Waals surface area contributed by atoms with Gasteiger partial charge in [0.15, 0.2) is 0 Å². The summed E-state index contributed by atoms with van der Waals surface area (Å²) < 4.78 is 0. The van der Waals surface area contributed by atoms with Gasteiger partial charge in [0.05, 0.1) is 18.7 Å². The Morgan fingerprint density at radius 1 is 1.47 bits per heavy atom. The van der Waals surface area contributed by atoms with E-state index < -0.39 is 11.5 Å². The average Bonchev–Trinajstić information content (AvgIpc) is 2.91. The predicted octanol–water partition coefficient (Wildman–Crippen LogP) is 0.379. The third kappa shape index (κ3) is 1.86. The number of piperidine rings is 1. The van der Waals surface area contributed by atoms with Crippen LogP contribution in [0.2, 0.25) is 0 Å². The third-order valence-corrected chi connectivity index (χ3v) is 5.35. The second-order valence-electron chi connectivity index (χ2n) is 6.39. The Morgan fingerprint density at radius 3 is 2.74 bits per heavy atom. The first-order valence-corrected chi connectivity index (χ1v) is 7.21. The summed E-state index contributed by atoms with van der Waals surface area (Å²) in [5.41, 5.74) is 5.73. The number of amides is 1. The lowest BCUT2D eigenvalue weighted by Gasteiger charge is -2.36. The topological polar surface area (TPSA) is 90.4 Å². The van der Waals surface area contributed by atoms with Gasteiger partial charge in [-0.05, 0) is 31.6 Å². The Morgan fingerprint density at radius 2 is 2.16 bits per heavy atom. The minimum absolute atomic E-state index is 0.0287. The number of fused-ring (bicyclic) bond motifs is 1. The fourth-order valence-corrected chi connectivity index (χ4v) is 3.96. The molecule has 3 aliphatic rings. The number of rotatable bonds is 3. The maximum Gasteiger partial charge on any atom is 0.241 e. The molecular weight excluding hydrogens is 242 g/mol. The van der Waals surface area contributed by atoms with Gasteiger partial charge in [0, 0.05) is 11.5 Å². The van der Waals surface area contributed by atoms with Crippen molar-refractivity contribution in [1.29, 1.82) is 5.26 Å². The minimum atomic E-state index is -0.657. The van der Waals surface area contributed by atoms with Crippen LogP contribution in [-0.4, -0.2) is 40.6 Å². The molecule has 0 aromatic carbocycles. The van der Waals surface area contributed by atoms with Crippen LogP contribution in [0, 0.1) is 22.7 Å². The van der Waals surface area contributed by atoms with Crippen molar-refractivity contribution in [3.05, 3.63) is 0 Å². The fraction of sp³-hybridized carbons (Fsp3) is 0.857. The molecule has 3 N–H and O–H groups in total. The van der Waals surface area contributed by atoms with Gasteiger partial charge in [-0.3, -0.25) is 4.79 Å². The van der Waals surface area contributed by atoms with Crippen LogP contribution in [0.3, 0.4) is 0 Å². The van der Waals surface area contributed by atoms with Crippen LogP contribution in [0.25, 0.3) is 0 Å².